The first kappa shape index (κ1) is 21.6. The molecule has 2 atom stereocenters. The molecule has 1 amide bonds. The van der Waals surface area contributed by atoms with Gasteiger partial charge in [0.05, 0.1) is 20.3 Å². The topological polar surface area (TPSA) is 68.6 Å². The highest BCUT2D eigenvalue weighted by molar-refractivity contribution is 6.36. The van der Waals surface area contributed by atoms with E-state index in [2.05, 4.69) is 10.4 Å². The van der Waals surface area contributed by atoms with Crippen LogP contribution in [-0.2, 0) is 0 Å². The number of ether oxygens (including phenoxy) is 2. The van der Waals surface area contributed by atoms with Crippen LogP contribution >= 0.6 is 11.6 Å². The molecule has 168 valence electrons. The molecule has 1 fully saturated rings. The van der Waals surface area contributed by atoms with E-state index in [-0.39, 0.29) is 23.0 Å². The molecule has 4 rings (SSSR count). The van der Waals surface area contributed by atoms with Gasteiger partial charge in [0, 0.05) is 19.5 Å². The van der Waals surface area contributed by atoms with E-state index in [9.17, 15) is 18.0 Å². The number of likely N-dealkylation sites (tertiary alicyclic amines) is 1. The minimum Gasteiger partial charge on any atom is -0.493 e. The SMILES string of the molecule is COc1ccc([C@@H]2C[C@@H](C(F)(F)F)n3nc(C(=O)N4CCCC4)c(Cl)c3N2)cc1OC. The zero-order valence-electron chi connectivity index (χ0n) is 17.0. The molecule has 3 heterocycles. The molecule has 1 saturated heterocycles. The second-order valence-corrected chi connectivity index (χ2v) is 7.94. The molecule has 0 spiro atoms. The van der Waals surface area contributed by atoms with Crippen LogP contribution in [0.25, 0.3) is 0 Å². The average molecular weight is 459 g/mol. The molecule has 0 aliphatic carbocycles. The summed E-state index contributed by atoms with van der Waals surface area (Å²) in [5, 5.41) is 6.94. The number of aromatic nitrogens is 2. The van der Waals surface area contributed by atoms with Gasteiger partial charge in [0.15, 0.2) is 23.2 Å². The third-order valence-electron chi connectivity index (χ3n) is 5.70. The summed E-state index contributed by atoms with van der Waals surface area (Å²) in [5.41, 5.74) is 0.413. The normalized spacial score (nSPS) is 20.9. The largest absolute Gasteiger partial charge is 0.493 e. The zero-order chi connectivity index (χ0) is 22.3. The van der Waals surface area contributed by atoms with Crippen LogP contribution in [0.2, 0.25) is 5.02 Å². The van der Waals surface area contributed by atoms with Crippen molar-refractivity contribution in [3.63, 3.8) is 0 Å². The van der Waals surface area contributed by atoms with Crippen molar-refractivity contribution in [3.8, 4) is 11.5 Å². The number of halogens is 4. The zero-order valence-corrected chi connectivity index (χ0v) is 17.8. The van der Waals surface area contributed by atoms with E-state index in [0.29, 0.717) is 30.2 Å². The Morgan fingerprint density at radius 1 is 1.19 bits per heavy atom. The summed E-state index contributed by atoms with van der Waals surface area (Å²) in [7, 11) is 2.93. The van der Waals surface area contributed by atoms with Crippen LogP contribution in [0.3, 0.4) is 0 Å². The number of carbonyl (C=O) groups excluding carboxylic acids is 1. The van der Waals surface area contributed by atoms with Gasteiger partial charge in [-0.2, -0.15) is 18.3 Å². The van der Waals surface area contributed by atoms with Gasteiger partial charge in [-0.1, -0.05) is 17.7 Å². The van der Waals surface area contributed by atoms with Crippen LogP contribution in [0.15, 0.2) is 18.2 Å². The van der Waals surface area contributed by atoms with Crippen LogP contribution in [0.1, 0.15) is 47.4 Å². The Morgan fingerprint density at radius 2 is 1.87 bits per heavy atom. The number of nitrogens with zero attached hydrogens (tertiary/aromatic N) is 3. The Bertz CT molecular complexity index is 989. The second kappa shape index (κ2) is 8.14. The summed E-state index contributed by atoms with van der Waals surface area (Å²) < 4.78 is 53.1. The van der Waals surface area contributed by atoms with Gasteiger partial charge in [-0.3, -0.25) is 4.79 Å². The van der Waals surface area contributed by atoms with Crippen molar-refractivity contribution < 1.29 is 27.4 Å². The van der Waals surface area contributed by atoms with Gasteiger partial charge in [-0.05, 0) is 30.5 Å². The fraction of sp³-hybridized carbons (Fsp3) is 0.500. The van der Waals surface area contributed by atoms with Crippen LogP contribution in [0, 0.1) is 0 Å². The fourth-order valence-corrected chi connectivity index (χ4v) is 4.34. The van der Waals surface area contributed by atoms with Crippen LogP contribution in [0.4, 0.5) is 19.0 Å². The van der Waals surface area contributed by atoms with E-state index in [0.717, 1.165) is 17.5 Å². The van der Waals surface area contributed by atoms with Gasteiger partial charge in [0.25, 0.3) is 5.91 Å². The van der Waals surface area contributed by atoms with E-state index >= 15 is 0 Å². The maximum Gasteiger partial charge on any atom is 0.410 e. The Kier molecular flexibility index (Phi) is 5.67. The van der Waals surface area contributed by atoms with Crippen molar-refractivity contribution in [3.05, 3.63) is 34.5 Å². The molecule has 1 aromatic heterocycles. The van der Waals surface area contributed by atoms with Crippen molar-refractivity contribution in [2.45, 2.75) is 37.5 Å². The third-order valence-corrected chi connectivity index (χ3v) is 6.06. The minimum atomic E-state index is -4.57. The Morgan fingerprint density at radius 3 is 2.48 bits per heavy atom. The van der Waals surface area contributed by atoms with Crippen molar-refractivity contribution in [2.75, 3.05) is 32.6 Å². The lowest BCUT2D eigenvalue weighted by Gasteiger charge is -2.33. The molecule has 2 aliphatic rings. The molecule has 0 unspecified atom stereocenters. The lowest BCUT2D eigenvalue weighted by atomic mass is 9.96. The molecule has 2 aliphatic heterocycles. The van der Waals surface area contributed by atoms with Gasteiger partial charge < -0.3 is 19.7 Å². The van der Waals surface area contributed by atoms with Gasteiger partial charge in [0.2, 0.25) is 0 Å². The smallest absolute Gasteiger partial charge is 0.410 e. The molecule has 1 aromatic carbocycles. The number of fused-ring (bicyclic) bond motifs is 1. The number of hydrogen-bond donors (Lipinski definition) is 1. The number of anilines is 1. The first-order valence-electron chi connectivity index (χ1n) is 9.87. The molecule has 0 bridgehead atoms. The highest BCUT2D eigenvalue weighted by atomic mass is 35.5. The number of nitrogens with one attached hydrogen (secondary N) is 1. The third kappa shape index (κ3) is 3.88. The summed E-state index contributed by atoms with van der Waals surface area (Å²) in [4.78, 5) is 14.3. The van der Waals surface area contributed by atoms with Crippen molar-refractivity contribution in [1.82, 2.24) is 14.7 Å². The highest BCUT2D eigenvalue weighted by Gasteiger charge is 2.48. The number of alkyl halides is 3. The van der Waals surface area contributed by atoms with Crippen molar-refractivity contribution >= 4 is 23.3 Å². The summed E-state index contributed by atoms with van der Waals surface area (Å²) in [6, 6.07) is 2.28. The van der Waals surface area contributed by atoms with Crippen LogP contribution in [-0.4, -0.2) is 54.1 Å². The highest BCUT2D eigenvalue weighted by Crippen LogP contribution is 2.47. The quantitative estimate of drug-likeness (QED) is 0.733. The predicted octanol–water partition coefficient (Wildman–Crippen LogP) is 4.45. The number of methoxy groups -OCH3 is 2. The number of hydrogen-bond acceptors (Lipinski definition) is 5. The van der Waals surface area contributed by atoms with E-state index in [1.54, 1.807) is 23.1 Å². The maximum absolute atomic E-state index is 13.9. The van der Waals surface area contributed by atoms with Gasteiger partial charge in [-0.15, -0.1) is 0 Å². The molecule has 0 radical (unpaired) electrons. The standard InChI is InChI=1S/C20H22ClF3N4O3/c1-30-13-6-5-11(9-14(13)31-2)12-10-15(20(22,23)24)28-18(25-12)16(21)17(26-28)19(29)27-7-3-4-8-27/h5-6,9,12,15,25H,3-4,7-8,10H2,1-2H3/t12-,15-/m0/s1. The number of benzene rings is 1. The number of carbonyl (C=O) groups is 1. The Labute approximate surface area is 182 Å². The minimum absolute atomic E-state index is 0.0161. The van der Waals surface area contributed by atoms with Crippen LogP contribution < -0.4 is 14.8 Å². The first-order chi connectivity index (χ1) is 14.7. The molecule has 31 heavy (non-hydrogen) atoms. The molecular formula is C20H22ClF3N4O3. The molecule has 7 nitrogen and oxygen atoms in total. The van der Waals surface area contributed by atoms with Crippen molar-refractivity contribution in [2.24, 2.45) is 0 Å². The summed E-state index contributed by atoms with van der Waals surface area (Å²) >= 11 is 6.38. The van der Waals surface area contributed by atoms with Crippen LogP contribution in [0.5, 0.6) is 11.5 Å². The summed E-state index contributed by atoms with van der Waals surface area (Å²) in [6.45, 7) is 1.09. The molecule has 1 N–H and O–H groups in total. The molecule has 2 aromatic rings. The number of amides is 1. The van der Waals surface area contributed by atoms with E-state index < -0.39 is 24.2 Å². The van der Waals surface area contributed by atoms with E-state index in [4.69, 9.17) is 21.1 Å². The number of rotatable bonds is 4. The molecule has 0 saturated carbocycles. The van der Waals surface area contributed by atoms with E-state index in [1.165, 1.54) is 14.2 Å². The lowest BCUT2D eigenvalue weighted by molar-refractivity contribution is -0.173. The fourth-order valence-electron chi connectivity index (χ4n) is 4.08. The van der Waals surface area contributed by atoms with Gasteiger partial charge in [0.1, 0.15) is 10.8 Å². The monoisotopic (exact) mass is 458 g/mol. The van der Waals surface area contributed by atoms with Gasteiger partial charge >= 0.3 is 6.18 Å². The van der Waals surface area contributed by atoms with Gasteiger partial charge in [-0.25, -0.2) is 4.68 Å². The first-order valence-corrected chi connectivity index (χ1v) is 10.2. The van der Waals surface area contributed by atoms with Crippen molar-refractivity contribution in [1.29, 1.82) is 0 Å². The predicted molar refractivity (Wildman–Crippen MR) is 108 cm³/mol. The Hall–Kier alpha value is -2.62. The molecular weight excluding hydrogens is 437 g/mol. The molecule has 11 heteroatoms. The summed E-state index contributed by atoms with van der Waals surface area (Å²) in [6.07, 6.45) is -3.19. The maximum atomic E-state index is 13.9. The summed E-state index contributed by atoms with van der Waals surface area (Å²) in [5.74, 6) is 0.406. The van der Waals surface area contributed by atoms with E-state index in [1.807, 2.05) is 0 Å². The second-order valence-electron chi connectivity index (χ2n) is 7.56. The lowest BCUT2D eigenvalue weighted by Crippen LogP contribution is -2.36. The average Bonchev–Trinajstić information content (AvgIpc) is 3.40. The Balaban J connectivity index is 1.73.